The highest BCUT2D eigenvalue weighted by Crippen LogP contribution is 2.36. The molecule has 21 heavy (non-hydrogen) atoms. The van der Waals surface area contributed by atoms with Crippen LogP contribution in [0.3, 0.4) is 0 Å². The van der Waals surface area contributed by atoms with Crippen LogP contribution in [0.5, 0.6) is 0 Å². The van der Waals surface area contributed by atoms with E-state index in [0.29, 0.717) is 6.04 Å². The summed E-state index contributed by atoms with van der Waals surface area (Å²) in [6.07, 6.45) is 13.7. The number of unbranched alkanes of at least 4 members (excludes halogenated alkanes) is 7. The molecule has 0 bridgehead atoms. The van der Waals surface area contributed by atoms with Gasteiger partial charge in [0.25, 0.3) is 0 Å². The molecule has 1 N–H and O–H groups in total. The Hall–Kier alpha value is -0.340. The van der Waals surface area contributed by atoms with Gasteiger partial charge in [0.05, 0.1) is 0 Å². The zero-order chi connectivity index (χ0) is 14.9. The summed E-state index contributed by atoms with van der Waals surface area (Å²) in [6, 6.07) is 7.18. The quantitative estimate of drug-likeness (QED) is 0.497. The average molecular weight is 352 g/mol. The Morgan fingerprint density at radius 3 is 2.52 bits per heavy atom. The van der Waals surface area contributed by atoms with E-state index in [1.165, 1.54) is 86.4 Å². The van der Waals surface area contributed by atoms with E-state index in [1.54, 1.807) is 0 Å². The number of hydrogen-bond acceptors (Lipinski definition) is 1. The zero-order valence-corrected chi connectivity index (χ0v) is 15.1. The van der Waals surface area contributed by atoms with Gasteiger partial charge in [-0.05, 0) is 43.0 Å². The number of aryl methyl sites for hydroxylation is 1. The van der Waals surface area contributed by atoms with Gasteiger partial charge >= 0.3 is 0 Å². The van der Waals surface area contributed by atoms with Gasteiger partial charge in [0.1, 0.15) is 0 Å². The molecule has 0 saturated carbocycles. The lowest BCUT2D eigenvalue weighted by atomic mass is 10.1. The monoisotopic (exact) mass is 351 g/mol. The number of nitrogens with one attached hydrogen (secondary N) is 1. The van der Waals surface area contributed by atoms with Gasteiger partial charge in [-0.15, -0.1) is 0 Å². The van der Waals surface area contributed by atoms with Gasteiger partial charge in [-0.25, -0.2) is 0 Å². The minimum absolute atomic E-state index is 0.570. The normalized spacial score (nSPS) is 17.1. The predicted molar refractivity (Wildman–Crippen MR) is 95.8 cm³/mol. The lowest BCUT2D eigenvalue weighted by molar-refractivity contribution is 0.497. The first-order valence-electron chi connectivity index (χ1n) is 8.83. The van der Waals surface area contributed by atoms with Crippen LogP contribution in [0.25, 0.3) is 0 Å². The van der Waals surface area contributed by atoms with E-state index in [2.05, 4.69) is 46.4 Å². The highest BCUT2D eigenvalue weighted by molar-refractivity contribution is 9.10. The minimum atomic E-state index is 0.570. The molecule has 2 heteroatoms. The number of rotatable bonds is 10. The lowest BCUT2D eigenvalue weighted by Gasteiger charge is -2.15. The molecular weight excluding hydrogens is 322 g/mol. The molecule has 0 saturated heterocycles. The second kappa shape index (κ2) is 9.63. The molecule has 1 aromatic carbocycles. The second-order valence-electron chi connectivity index (χ2n) is 6.33. The van der Waals surface area contributed by atoms with Crippen molar-refractivity contribution in [3.63, 3.8) is 0 Å². The van der Waals surface area contributed by atoms with Crippen LogP contribution in [0, 0.1) is 0 Å². The third-order valence-electron chi connectivity index (χ3n) is 4.62. The van der Waals surface area contributed by atoms with E-state index in [-0.39, 0.29) is 0 Å². The van der Waals surface area contributed by atoms with Crippen LogP contribution in [0.4, 0.5) is 0 Å². The molecule has 118 valence electrons. The van der Waals surface area contributed by atoms with Crippen molar-refractivity contribution in [2.75, 3.05) is 6.54 Å². The topological polar surface area (TPSA) is 12.0 Å². The first-order chi connectivity index (χ1) is 10.3. The van der Waals surface area contributed by atoms with Gasteiger partial charge in [-0.1, -0.05) is 79.9 Å². The molecule has 0 heterocycles. The van der Waals surface area contributed by atoms with Crippen molar-refractivity contribution in [3.05, 3.63) is 33.8 Å². The molecule has 2 rings (SSSR count). The van der Waals surface area contributed by atoms with Crippen molar-refractivity contribution in [3.8, 4) is 0 Å². The molecular formula is C19H30BrN. The van der Waals surface area contributed by atoms with Crippen molar-refractivity contribution >= 4 is 15.9 Å². The highest BCUT2D eigenvalue weighted by atomic mass is 79.9. The van der Waals surface area contributed by atoms with Crippen LogP contribution in [-0.2, 0) is 6.42 Å². The second-order valence-corrected chi connectivity index (χ2v) is 7.19. The Morgan fingerprint density at radius 2 is 1.76 bits per heavy atom. The average Bonchev–Trinajstić information content (AvgIpc) is 2.90. The first kappa shape index (κ1) is 17.0. The Morgan fingerprint density at radius 1 is 1.05 bits per heavy atom. The third kappa shape index (κ3) is 5.41. The summed E-state index contributed by atoms with van der Waals surface area (Å²) in [5, 5.41) is 3.76. The number of hydrogen-bond donors (Lipinski definition) is 1. The molecule has 0 aliphatic heterocycles. The molecule has 1 aliphatic carbocycles. The van der Waals surface area contributed by atoms with Crippen molar-refractivity contribution in [1.29, 1.82) is 0 Å². The van der Waals surface area contributed by atoms with E-state index in [9.17, 15) is 0 Å². The molecule has 1 aliphatic rings. The van der Waals surface area contributed by atoms with Crippen molar-refractivity contribution in [2.24, 2.45) is 0 Å². The van der Waals surface area contributed by atoms with Gasteiger partial charge in [-0.3, -0.25) is 0 Å². The van der Waals surface area contributed by atoms with Crippen LogP contribution in [0.15, 0.2) is 22.7 Å². The highest BCUT2D eigenvalue weighted by Gasteiger charge is 2.23. The molecule has 1 atom stereocenters. The summed E-state index contributed by atoms with van der Waals surface area (Å²) in [5.74, 6) is 0. The first-order valence-corrected chi connectivity index (χ1v) is 9.63. The summed E-state index contributed by atoms with van der Waals surface area (Å²) >= 11 is 3.71. The number of benzene rings is 1. The Balaban J connectivity index is 1.57. The largest absolute Gasteiger partial charge is 0.310 e. The van der Waals surface area contributed by atoms with Crippen molar-refractivity contribution in [2.45, 2.75) is 77.2 Å². The van der Waals surface area contributed by atoms with E-state index < -0.39 is 0 Å². The Kier molecular flexibility index (Phi) is 7.81. The van der Waals surface area contributed by atoms with Gasteiger partial charge in [0.15, 0.2) is 0 Å². The molecule has 0 amide bonds. The van der Waals surface area contributed by atoms with E-state index >= 15 is 0 Å². The summed E-state index contributed by atoms with van der Waals surface area (Å²) in [6.45, 7) is 3.45. The summed E-state index contributed by atoms with van der Waals surface area (Å²) in [7, 11) is 0. The number of halogens is 1. The SMILES string of the molecule is CCCCCCCCCCN[C@@H]1CCc2cccc(Br)c21. The molecule has 0 radical (unpaired) electrons. The number of fused-ring (bicyclic) bond motifs is 1. The fourth-order valence-corrected chi connectivity index (χ4v) is 4.06. The van der Waals surface area contributed by atoms with Gasteiger partial charge < -0.3 is 5.32 Å². The van der Waals surface area contributed by atoms with E-state index in [1.807, 2.05) is 0 Å². The minimum Gasteiger partial charge on any atom is -0.310 e. The fraction of sp³-hybridized carbons (Fsp3) is 0.684. The molecule has 0 fully saturated rings. The van der Waals surface area contributed by atoms with Gasteiger partial charge in [-0.2, -0.15) is 0 Å². The maximum absolute atomic E-state index is 3.76. The summed E-state index contributed by atoms with van der Waals surface area (Å²) < 4.78 is 1.28. The molecule has 0 aromatic heterocycles. The summed E-state index contributed by atoms with van der Waals surface area (Å²) in [4.78, 5) is 0. The van der Waals surface area contributed by atoms with E-state index in [4.69, 9.17) is 0 Å². The summed E-state index contributed by atoms with van der Waals surface area (Å²) in [5.41, 5.74) is 3.04. The standard InChI is InChI=1S/C19H30BrN/c1-2-3-4-5-6-7-8-9-15-21-18-14-13-16-11-10-12-17(20)19(16)18/h10-12,18,21H,2-9,13-15H2,1H3/t18-/m1/s1. The van der Waals surface area contributed by atoms with Crippen LogP contribution in [-0.4, -0.2) is 6.54 Å². The fourth-order valence-electron chi connectivity index (χ4n) is 3.37. The van der Waals surface area contributed by atoms with Gasteiger partial charge in [0, 0.05) is 10.5 Å². The molecule has 0 spiro atoms. The van der Waals surface area contributed by atoms with Crippen molar-refractivity contribution < 1.29 is 0 Å². The van der Waals surface area contributed by atoms with Crippen molar-refractivity contribution in [1.82, 2.24) is 5.32 Å². The smallest absolute Gasteiger partial charge is 0.0337 e. The van der Waals surface area contributed by atoms with E-state index in [0.717, 1.165) is 0 Å². The maximum Gasteiger partial charge on any atom is 0.0337 e. The lowest BCUT2D eigenvalue weighted by Crippen LogP contribution is -2.20. The van der Waals surface area contributed by atoms with Crippen LogP contribution in [0.1, 0.15) is 81.9 Å². The molecule has 1 nitrogen and oxygen atoms in total. The maximum atomic E-state index is 3.76. The van der Waals surface area contributed by atoms with Gasteiger partial charge in [0.2, 0.25) is 0 Å². The van der Waals surface area contributed by atoms with Crippen LogP contribution >= 0.6 is 15.9 Å². The Labute approximate surface area is 139 Å². The molecule has 1 aromatic rings. The Bertz CT molecular complexity index is 416. The van der Waals surface area contributed by atoms with Crippen LogP contribution in [0.2, 0.25) is 0 Å². The van der Waals surface area contributed by atoms with Crippen LogP contribution < -0.4 is 5.32 Å². The third-order valence-corrected chi connectivity index (χ3v) is 5.31. The zero-order valence-electron chi connectivity index (χ0n) is 13.5. The molecule has 0 unspecified atom stereocenters. The predicted octanol–water partition coefficient (Wildman–Crippen LogP) is 6.17.